The van der Waals surface area contributed by atoms with E-state index in [-0.39, 0.29) is 12.8 Å². The van der Waals surface area contributed by atoms with Gasteiger partial charge in [-0.3, -0.25) is 0 Å². The van der Waals surface area contributed by atoms with Crippen LogP contribution in [-0.4, -0.2) is 33.6 Å². The Morgan fingerprint density at radius 2 is 2.00 bits per heavy atom. The molecule has 1 aliphatic rings. The van der Waals surface area contributed by atoms with Gasteiger partial charge < -0.3 is 10.6 Å². The van der Waals surface area contributed by atoms with Crippen molar-refractivity contribution in [3.63, 3.8) is 0 Å². The summed E-state index contributed by atoms with van der Waals surface area (Å²) in [6, 6.07) is 3.40. The zero-order valence-corrected chi connectivity index (χ0v) is 9.68. The zero-order valence-electron chi connectivity index (χ0n) is 9.68. The molecule has 3 rings (SSSR count). The van der Waals surface area contributed by atoms with Crippen LogP contribution in [0.25, 0.3) is 5.65 Å². The topological polar surface area (TPSA) is 59.5 Å². The first-order valence-corrected chi connectivity index (χ1v) is 5.78. The quantitative estimate of drug-likeness (QED) is 0.837. The lowest BCUT2D eigenvalue weighted by atomic mass is 10.1. The lowest BCUT2D eigenvalue weighted by Gasteiger charge is -2.33. The molecule has 0 amide bonds. The van der Waals surface area contributed by atoms with Crippen LogP contribution in [0.5, 0.6) is 0 Å². The van der Waals surface area contributed by atoms with Crippen molar-refractivity contribution in [2.24, 2.45) is 0 Å². The average Bonchev–Trinajstić information content (AvgIpc) is 2.76. The summed E-state index contributed by atoms with van der Waals surface area (Å²) in [5, 5.41) is 4.14. The molecule has 0 aromatic carbocycles. The number of nitrogen functional groups attached to an aromatic ring is 1. The normalized spacial score (nSPS) is 19.3. The smallest absolute Gasteiger partial charge is 0.251 e. The van der Waals surface area contributed by atoms with Crippen molar-refractivity contribution in [3.05, 3.63) is 18.3 Å². The van der Waals surface area contributed by atoms with Gasteiger partial charge in [0.05, 0.1) is 6.20 Å². The molecule has 1 fully saturated rings. The Balaban J connectivity index is 1.97. The molecule has 7 heteroatoms. The predicted molar refractivity (Wildman–Crippen MR) is 63.8 cm³/mol. The summed E-state index contributed by atoms with van der Waals surface area (Å²) >= 11 is 0. The van der Waals surface area contributed by atoms with Crippen LogP contribution in [0.3, 0.4) is 0 Å². The molecular weight excluding hydrogens is 240 g/mol. The highest BCUT2D eigenvalue weighted by atomic mass is 19.3. The number of halogens is 2. The molecule has 1 saturated heterocycles. The summed E-state index contributed by atoms with van der Waals surface area (Å²) in [6.07, 6.45) is 1.33. The molecule has 0 atom stereocenters. The van der Waals surface area contributed by atoms with Gasteiger partial charge in [0.25, 0.3) is 5.92 Å². The van der Waals surface area contributed by atoms with E-state index in [9.17, 15) is 8.78 Å². The van der Waals surface area contributed by atoms with Crippen molar-refractivity contribution in [2.75, 3.05) is 23.7 Å². The lowest BCUT2D eigenvalue weighted by Crippen LogP contribution is -2.40. The van der Waals surface area contributed by atoms with Gasteiger partial charge in [-0.25, -0.2) is 13.8 Å². The third kappa shape index (κ3) is 1.85. The molecule has 3 heterocycles. The number of piperidine rings is 1. The zero-order chi connectivity index (χ0) is 12.8. The molecule has 0 spiro atoms. The minimum absolute atomic E-state index is 0.141. The molecule has 2 N–H and O–H groups in total. The first kappa shape index (κ1) is 11.2. The molecule has 0 unspecified atom stereocenters. The van der Waals surface area contributed by atoms with Gasteiger partial charge >= 0.3 is 0 Å². The van der Waals surface area contributed by atoms with E-state index in [0.29, 0.717) is 24.6 Å². The number of aromatic nitrogens is 3. The van der Waals surface area contributed by atoms with E-state index in [1.807, 2.05) is 4.90 Å². The second-order valence-electron chi connectivity index (χ2n) is 4.48. The summed E-state index contributed by atoms with van der Waals surface area (Å²) in [5.74, 6) is -1.47. The Bertz CT molecular complexity index is 570. The molecule has 1 aliphatic heterocycles. The fourth-order valence-electron chi connectivity index (χ4n) is 2.20. The Hall–Kier alpha value is -1.92. The van der Waals surface area contributed by atoms with Gasteiger partial charge in [-0.15, -0.1) is 0 Å². The summed E-state index contributed by atoms with van der Waals surface area (Å²) in [5.41, 5.74) is 6.34. The molecule has 0 radical (unpaired) electrons. The maximum atomic E-state index is 13.1. The van der Waals surface area contributed by atoms with Crippen molar-refractivity contribution < 1.29 is 8.78 Å². The van der Waals surface area contributed by atoms with E-state index in [0.717, 1.165) is 5.82 Å². The summed E-state index contributed by atoms with van der Waals surface area (Å²) in [7, 11) is 0. The van der Waals surface area contributed by atoms with Crippen molar-refractivity contribution in [3.8, 4) is 0 Å². The third-order valence-corrected chi connectivity index (χ3v) is 3.18. The van der Waals surface area contributed by atoms with Gasteiger partial charge in [-0.05, 0) is 0 Å². The lowest BCUT2D eigenvalue weighted by molar-refractivity contribution is -0.0222. The second-order valence-corrected chi connectivity index (χ2v) is 4.48. The largest absolute Gasteiger partial charge is 0.384 e. The van der Waals surface area contributed by atoms with E-state index >= 15 is 0 Å². The number of alkyl halides is 2. The molecule has 0 aliphatic carbocycles. The molecule has 0 saturated carbocycles. The van der Waals surface area contributed by atoms with Gasteiger partial charge in [0.1, 0.15) is 11.6 Å². The molecular formula is C11H13F2N5. The van der Waals surface area contributed by atoms with Crippen LogP contribution in [-0.2, 0) is 0 Å². The summed E-state index contributed by atoms with van der Waals surface area (Å²) in [4.78, 5) is 5.99. The maximum Gasteiger partial charge on any atom is 0.251 e. The number of anilines is 2. The number of nitrogens with two attached hydrogens (primary N) is 1. The van der Waals surface area contributed by atoms with Gasteiger partial charge in [-0.2, -0.15) is 9.61 Å². The first-order chi connectivity index (χ1) is 8.55. The highest BCUT2D eigenvalue weighted by Crippen LogP contribution is 2.30. The summed E-state index contributed by atoms with van der Waals surface area (Å²) < 4.78 is 27.9. The van der Waals surface area contributed by atoms with Crippen LogP contribution in [0, 0.1) is 0 Å². The standard InChI is InChI=1S/C11H13F2N5/c12-11(13)2-5-17(6-3-11)10-7-8(14)16-9-1-4-15-18(9)10/h1,4,7H,2-3,5-6H2,(H2,14,16). The minimum Gasteiger partial charge on any atom is -0.384 e. The van der Waals surface area contributed by atoms with Crippen molar-refractivity contribution in [2.45, 2.75) is 18.8 Å². The number of hydrogen-bond donors (Lipinski definition) is 1. The fraction of sp³-hybridized carbons (Fsp3) is 0.455. The molecule has 18 heavy (non-hydrogen) atoms. The van der Waals surface area contributed by atoms with E-state index in [2.05, 4.69) is 10.1 Å². The van der Waals surface area contributed by atoms with Crippen LogP contribution in [0.15, 0.2) is 18.3 Å². The van der Waals surface area contributed by atoms with E-state index in [1.165, 1.54) is 0 Å². The Labute approximate surface area is 102 Å². The molecule has 0 bridgehead atoms. The molecule has 96 valence electrons. The SMILES string of the molecule is Nc1cc(N2CCC(F)(F)CC2)n2nccc2n1. The highest BCUT2D eigenvalue weighted by Gasteiger charge is 2.34. The monoisotopic (exact) mass is 253 g/mol. The number of hydrogen-bond acceptors (Lipinski definition) is 4. The molecule has 2 aromatic rings. The van der Waals surface area contributed by atoms with Crippen LogP contribution in [0.1, 0.15) is 12.8 Å². The second kappa shape index (κ2) is 3.79. The predicted octanol–water partition coefficient (Wildman–Crippen LogP) is 1.55. The first-order valence-electron chi connectivity index (χ1n) is 5.78. The van der Waals surface area contributed by atoms with Crippen LogP contribution in [0.2, 0.25) is 0 Å². The van der Waals surface area contributed by atoms with Crippen molar-refractivity contribution in [1.82, 2.24) is 14.6 Å². The van der Waals surface area contributed by atoms with Crippen molar-refractivity contribution in [1.29, 1.82) is 0 Å². The van der Waals surface area contributed by atoms with E-state index < -0.39 is 5.92 Å². The Morgan fingerprint density at radius 1 is 1.28 bits per heavy atom. The number of fused-ring (bicyclic) bond motifs is 1. The van der Waals surface area contributed by atoms with Gasteiger partial charge in [0, 0.05) is 38.1 Å². The van der Waals surface area contributed by atoms with Gasteiger partial charge in [-0.1, -0.05) is 0 Å². The minimum atomic E-state index is -2.56. The van der Waals surface area contributed by atoms with Crippen LogP contribution in [0.4, 0.5) is 20.4 Å². The highest BCUT2D eigenvalue weighted by molar-refractivity contribution is 5.56. The van der Waals surface area contributed by atoms with E-state index in [4.69, 9.17) is 5.73 Å². The number of nitrogens with zero attached hydrogens (tertiary/aromatic N) is 4. The van der Waals surface area contributed by atoms with Gasteiger partial charge in [0.15, 0.2) is 5.65 Å². The van der Waals surface area contributed by atoms with Crippen LogP contribution >= 0.6 is 0 Å². The third-order valence-electron chi connectivity index (χ3n) is 3.18. The maximum absolute atomic E-state index is 13.1. The average molecular weight is 253 g/mol. The number of rotatable bonds is 1. The summed E-state index contributed by atoms with van der Waals surface area (Å²) in [6.45, 7) is 0.594. The fourth-order valence-corrected chi connectivity index (χ4v) is 2.20. The molecule has 2 aromatic heterocycles. The van der Waals surface area contributed by atoms with Gasteiger partial charge in [0.2, 0.25) is 0 Å². The Morgan fingerprint density at radius 3 is 2.72 bits per heavy atom. The Kier molecular flexibility index (Phi) is 2.36. The van der Waals surface area contributed by atoms with Crippen molar-refractivity contribution >= 4 is 17.3 Å². The van der Waals surface area contributed by atoms with Crippen LogP contribution < -0.4 is 10.6 Å². The molecule has 5 nitrogen and oxygen atoms in total. The van der Waals surface area contributed by atoms with E-state index in [1.54, 1.807) is 22.8 Å².